The predicted molar refractivity (Wildman–Crippen MR) is 121 cm³/mol. The van der Waals surface area contributed by atoms with Crippen LogP contribution in [0.1, 0.15) is 58.6 Å². The first-order chi connectivity index (χ1) is 15.6. The maximum atomic E-state index is 12.9. The van der Waals surface area contributed by atoms with Crippen LogP contribution in [0.25, 0.3) is 0 Å². The topological polar surface area (TPSA) is 84.7 Å². The second kappa shape index (κ2) is 10.1. The lowest BCUT2D eigenvalue weighted by molar-refractivity contribution is 0.0950. The first kappa shape index (κ1) is 21.6. The smallest absolute Gasteiger partial charge is 0.293 e. The van der Waals surface area contributed by atoms with E-state index >= 15 is 0 Å². The van der Waals surface area contributed by atoms with Crippen LogP contribution in [0.4, 0.5) is 5.69 Å². The molecule has 0 aliphatic heterocycles. The minimum Gasteiger partial charge on any atom is -0.474 e. The van der Waals surface area contributed by atoms with Crippen molar-refractivity contribution in [1.82, 2.24) is 10.3 Å². The number of amides is 2. The molecule has 166 valence electrons. The second-order valence-electron chi connectivity index (χ2n) is 7.92. The van der Waals surface area contributed by atoms with Crippen LogP contribution >= 0.6 is 0 Å². The number of carbonyl (C=O) groups is 2. The summed E-state index contributed by atoms with van der Waals surface area (Å²) in [5.74, 6) is 0.206. The Morgan fingerprint density at radius 3 is 2.72 bits per heavy atom. The number of hydrogen-bond acceptors (Lipinski definition) is 5. The molecule has 1 aromatic carbocycles. The van der Waals surface area contributed by atoms with Crippen LogP contribution < -0.4 is 15.0 Å². The summed E-state index contributed by atoms with van der Waals surface area (Å²) in [6.07, 6.45) is 9.13. The lowest BCUT2D eigenvalue weighted by atomic mass is 9.98. The van der Waals surface area contributed by atoms with E-state index in [9.17, 15) is 9.59 Å². The summed E-state index contributed by atoms with van der Waals surface area (Å²) in [4.78, 5) is 31.3. The third kappa shape index (κ3) is 5.17. The Morgan fingerprint density at radius 2 is 1.94 bits per heavy atom. The van der Waals surface area contributed by atoms with Crippen molar-refractivity contribution in [2.45, 2.75) is 44.8 Å². The molecule has 4 rings (SSSR count). The summed E-state index contributed by atoms with van der Waals surface area (Å²) in [6.45, 7) is 0.326. The molecular formula is C25H27N3O4. The third-order valence-corrected chi connectivity index (χ3v) is 5.64. The molecule has 1 saturated carbocycles. The molecular weight excluding hydrogens is 406 g/mol. The number of ether oxygens (including phenoxy) is 1. The van der Waals surface area contributed by atoms with E-state index in [1.807, 2.05) is 12.1 Å². The highest BCUT2D eigenvalue weighted by Gasteiger charge is 2.21. The first-order valence-corrected chi connectivity index (χ1v) is 10.9. The first-order valence-electron chi connectivity index (χ1n) is 10.9. The number of nitrogens with zero attached hydrogens (tertiary/aromatic N) is 2. The van der Waals surface area contributed by atoms with E-state index in [-0.39, 0.29) is 23.7 Å². The summed E-state index contributed by atoms with van der Waals surface area (Å²) in [5, 5.41) is 2.93. The number of pyridine rings is 1. The van der Waals surface area contributed by atoms with Crippen molar-refractivity contribution in [3.05, 3.63) is 77.9 Å². The van der Waals surface area contributed by atoms with E-state index in [1.54, 1.807) is 49.6 Å². The van der Waals surface area contributed by atoms with Gasteiger partial charge in [0.1, 0.15) is 6.10 Å². The second-order valence-corrected chi connectivity index (χ2v) is 7.92. The molecule has 1 fully saturated rings. The molecule has 2 aromatic heterocycles. The van der Waals surface area contributed by atoms with E-state index in [2.05, 4.69) is 10.3 Å². The van der Waals surface area contributed by atoms with Gasteiger partial charge in [-0.2, -0.15) is 0 Å². The molecule has 2 amide bonds. The SMILES string of the molecule is CN(C(=O)c1ccco1)c1ccccc1C(=O)NCc1ccnc(OC2CCCCC2)c1. The lowest BCUT2D eigenvalue weighted by Gasteiger charge is -2.22. The fraction of sp³-hybridized carbons (Fsp3) is 0.320. The predicted octanol–water partition coefficient (Wildman–Crippen LogP) is 4.59. The highest BCUT2D eigenvalue weighted by Crippen LogP contribution is 2.23. The maximum Gasteiger partial charge on any atom is 0.293 e. The van der Waals surface area contributed by atoms with Crippen molar-refractivity contribution in [1.29, 1.82) is 0 Å². The van der Waals surface area contributed by atoms with E-state index in [4.69, 9.17) is 9.15 Å². The molecule has 0 unspecified atom stereocenters. The van der Waals surface area contributed by atoms with Gasteiger partial charge in [0, 0.05) is 25.9 Å². The molecule has 1 aliphatic rings. The highest BCUT2D eigenvalue weighted by atomic mass is 16.5. The Hall–Kier alpha value is -3.61. The summed E-state index contributed by atoms with van der Waals surface area (Å²) in [6, 6.07) is 14.0. The number of nitrogens with one attached hydrogen (secondary N) is 1. The molecule has 1 aliphatic carbocycles. The number of furan rings is 1. The number of carbonyl (C=O) groups excluding carboxylic acids is 2. The van der Waals surface area contributed by atoms with E-state index in [1.165, 1.54) is 30.4 Å². The van der Waals surface area contributed by atoms with Gasteiger partial charge in [0.05, 0.1) is 17.5 Å². The Kier molecular flexibility index (Phi) is 6.84. The molecule has 2 heterocycles. The molecule has 0 atom stereocenters. The molecule has 7 nitrogen and oxygen atoms in total. The van der Waals surface area contributed by atoms with Gasteiger partial charge in [-0.3, -0.25) is 9.59 Å². The molecule has 0 radical (unpaired) electrons. The van der Waals surface area contributed by atoms with Crippen molar-refractivity contribution in [2.75, 3.05) is 11.9 Å². The van der Waals surface area contributed by atoms with Crippen LogP contribution in [0.15, 0.2) is 65.4 Å². The lowest BCUT2D eigenvalue weighted by Crippen LogP contribution is -2.30. The van der Waals surface area contributed by atoms with Crippen LogP contribution in [0.3, 0.4) is 0 Å². The van der Waals surface area contributed by atoms with Gasteiger partial charge >= 0.3 is 0 Å². The molecule has 3 aromatic rings. The summed E-state index contributed by atoms with van der Waals surface area (Å²) >= 11 is 0. The Morgan fingerprint density at radius 1 is 1.12 bits per heavy atom. The van der Waals surface area contributed by atoms with Gasteiger partial charge in [0.25, 0.3) is 11.8 Å². The van der Waals surface area contributed by atoms with E-state index in [0.29, 0.717) is 23.7 Å². The van der Waals surface area contributed by atoms with Crippen molar-refractivity contribution < 1.29 is 18.7 Å². The molecule has 0 bridgehead atoms. The van der Waals surface area contributed by atoms with Gasteiger partial charge in [-0.05, 0) is 61.6 Å². The largest absolute Gasteiger partial charge is 0.474 e. The van der Waals surface area contributed by atoms with Gasteiger partial charge in [-0.15, -0.1) is 0 Å². The third-order valence-electron chi connectivity index (χ3n) is 5.64. The number of aromatic nitrogens is 1. The molecule has 1 N–H and O–H groups in total. The van der Waals surface area contributed by atoms with Crippen LogP contribution in [0.5, 0.6) is 5.88 Å². The normalized spacial score (nSPS) is 14.0. The molecule has 0 saturated heterocycles. The quantitative estimate of drug-likeness (QED) is 0.589. The maximum absolute atomic E-state index is 12.9. The number of rotatable bonds is 7. The summed E-state index contributed by atoms with van der Waals surface area (Å²) in [7, 11) is 1.62. The van der Waals surface area contributed by atoms with Gasteiger partial charge in [-0.1, -0.05) is 18.6 Å². The van der Waals surface area contributed by atoms with Gasteiger partial charge in [0.2, 0.25) is 5.88 Å². The number of hydrogen-bond donors (Lipinski definition) is 1. The fourth-order valence-corrected chi connectivity index (χ4v) is 3.89. The minimum atomic E-state index is -0.325. The van der Waals surface area contributed by atoms with Crippen molar-refractivity contribution >= 4 is 17.5 Å². The fourth-order valence-electron chi connectivity index (χ4n) is 3.89. The van der Waals surface area contributed by atoms with Crippen molar-refractivity contribution in [2.24, 2.45) is 0 Å². The highest BCUT2D eigenvalue weighted by molar-refractivity contribution is 6.09. The minimum absolute atomic E-state index is 0.213. The Bertz CT molecular complexity index is 1060. The van der Waals surface area contributed by atoms with Crippen LogP contribution in [-0.4, -0.2) is 29.9 Å². The van der Waals surface area contributed by atoms with Crippen LogP contribution in [0, 0.1) is 0 Å². The average Bonchev–Trinajstić information content (AvgIpc) is 3.37. The van der Waals surface area contributed by atoms with E-state index in [0.717, 1.165) is 18.4 Å². The summed E-state index contributed by atoms with van der Waals surface area (Å²) < 4.78 is 11.2. The standard InChI is InChI=1S/C25H27N3O4/c1-28(25(30)22-12-7-15-31-22)21-11-6-5-10-20(21)24(29)27-17-18-13-14-26-23(16-18)32-19-8-3-2-4-9-19/h5-7,10-16,19H,2-4,8-9,17H2,1H3,(H,27,29). The zero-order chi connectivity index (χ0) is 22.3. The van der Waals surface area contributed by atoms with Gasteiger partial charge < -0.3 is 19.4 Å². The van der Waals surface area contributed by atoms with Gasteiger partial charge in [-0.25, -0.2) is 4.98 Å². The molecule has 7 heteroatoms. The molecule has 32 heavy (non-hydrogen) atoms. The van der Waals surface area contributed by atoms with Crippen LogP contribution in [0.2, 0.25) is 0 Å². The number of para-hydroxylation sites is 1. The Labute approximate surface area is 187 Å². The van der Waals surface area contributed by atoms with Crippen molar-refractivity contribution in [3.63, 3.8) is 0 Å². The molecule has 0 spiro atoms. The monoisotopic (exact) mass is 433 g/mol. The average molecular weight is 434 g/mol. The van der Waals surface area contributed by atoms with Crippen molar-refractivity contribution in [3.8, 4) is 5.88 Å². The Balaban J connectivity index is 1.41. The number of benzene rings is 1. The van der Waals surface area contributed by atoms with E-state index < -0.39 is 0 Å². The number of anilines is 1. The van der Waals surface area contributed by atoms with Crippen LogP contribution in [-0.2, 0) is 6.54 Å². The van der Waals surface area contributed by atoms with Gasteiger partial charge in [0.15, 0.2) is 5.76 Å². The summed E-state index contributed by atoms with van der Waals surface area (Å²) in [5.41, 5.74) is 1.81. The zero-order valence-corrected chi connectivity index (χ0v) is 18.1. The zero-order valence-electron chi connectivity index (χ0n) is 18.1.